The van der Waals surface area contributed by atoms with Crippen molar-refractivity contribution in [1.29, 1.82) is 5.26 Å². The summed E-state index contributed by atoms with van der Waals surface area (Å²) in [5.41, 5.74) is 1.10. The van der Waals surface area contributed by atoms with Gasteiger partial charge in [0.2, 0.25) is 0 Å². The van der Waals surface area contributed by atoms with E-state index in [1.807, 2.05) is 0 Å². The molecule has 0 aliphatic carbocycles. The zero-order valence-electron chi connectivity index (χ0n) is 9.82. The Kier molecular flexibility index (Phi) is 3.88. The Balaban J connectivity index is 2.17. The van der Waals surface area contributed by atoms with Crippen LogP contribution < -0.4 is 5.32 Å². The quantitative estimate of drug-likeness (QED) is 0.899. The Bertz CT molecular complexity index is 632. The molecule has 0 fully saturated rings. The van der Waals surface area contributed by atoms with Gasteiger partial charge in [-0.2, -0.15) is 5.26 Å². The van der Waals surface area contributed by atoms with E-state index in [1.54, 1.807) is 18.2 Å². The molecule has 0 aromatic heterocycles. The number of phenolic OH excluding ortho intramolecular Hbond substituents is 1. The molecule has 0 aliphatic heterocycles. The predicted octanol–water partition coefficient (Wildman–Crippen LogP) is 3.67. The van der Waals surface area contributed by atoms with Crippen LogP contribution in [-0.4, -0.2) is 5.11 Å². The maximum atomic E-state index is 13.2. The lowest BCUT2D eigenvalue weighted by Gasteiger charge is -2.10. The van der Waals surface area contributed by atoms with Gasteiger partial charge in [-0.3, -0.25) is 0 Å². The first-order valence-electron chi connectivity index (χ1n) is 5.51. The highest BCUT2D eigenvalue weighted by atomic mass is 35.5. The molecular weight excluding hydrogens is 267 g/mol. The molecule has 0 amide bonds. The van der Waals surface area contributed by atoms with Crippen LogP contribution in [0.1, 0.15) is 11.1 Å². The molecule has 0 saturated carbocycles. The molecule has 0 atom stereocenters. The maximum Gasteiger partial charge on any atom is 0.141 e. The predicted molar refractivity (Wildman–Crippen MR) is 71.6 cm³/mol. The minimum Gasteiger partial charge on any atom is -0.508 e. The van der Waals surface area contributed by atoms with Crippen LogP contribution in [0, 0.1) is 17.1 Å². The SMILES string of the molecule is N#Cc1cc(NCc2c(O)cccc2Cl)ccc1F. The van der Waals surface area contributed by atoms with Crippen molar-refractivity contribution < 1.29 is 9.50 Å². The van der Waals surface area contributed by atoms with E-state index in [9.17, 15) is 9.50 Å². The molecule has 0 saturated heterocycles. The number of benzene rings is 2. The molecule has 3 nitrogen and oxygen atoms in total. The van der Waals surface area contributed by atoms with Crippen LogP contribution in [0.2, 0.25) is 5.02 Å². The van der Waals surface area contributed by atoms with Crippen molar-refractivity contribution in [2.75, 3.05) is 5.32 Å². The van der Waals surface area contributed by atoms with Gasteiger partial charge in [-0.25, -0.2) is 4.39 Å². The number of aromatic hydroxyl groups is 1. The van der Waals surface area contributed by atoms with E-state index in [4.69, 9.17) is 16.9 Å². The third-order valence-electron chi connectivity index (χ3n) is 2.65. The van der Waals surface area contributed by atoms with Crippen molar-refractivity contribution in [2.24, 2.45) is 0 Å². The summed E-state index contributed by atoms with van der Waals surface area (Å²) < 4.78 is 13.2. The van der Waals surface area contributed by atoms with Crippen LogP contribution in [0.3, 0.4) is 0 Å². The molecule has 0 spiro atoms. The van der Waals surface area contributed by atoms with Crippen molar-refractivity contribution in [3.8, 4) is 11.8 Å². The summed E-state index contributed by atoms with van der Waals surface area (Å²) >= 11 is 5.97. The first kappa shape index (κ1) is 13.2. The van der Waals surface area contributed by atoms with Gasteiger partial charge in [0.25, 0.3) is 0 Å². The number of hydrogen-bond donors (Lipinski definition) is 2. The van der Waals surface area contributed by atoms with Crippen molar-refractivity contribution >= 4 is 17.3 Å². The second-order valence-electron chi connectivity index (χ2n) is 3.90. The zero-order chi connectivity index (χ0) is 13.8. The Morgan fingerprint density at radius 1 is 1.32 bits per heavy atom. The van der Waals surface area contributed by atoms with Crippen molar-refractivity contribution in [1.82, 2.24) is 0 Å². The topological polar surface area (TPSA) is 56.0 Å². The molecule has 0 radical (unpaired) electrons. The number of phenols is 1. The first-order valence-corrected chi connectivity index (χ1v) is 5.89. The van der Waals surface area contributed by atoms with Crippen LogP contribution in [0.5, 0.6) is 5.75 Å². The summed E-state index contributed by atoms with van der Waals surface area (Å²) in [6.45, 7) is 0.280. The van der Waals surface area contributed by atoms with Crippen LogP contribution >= 0.6 is 11.6 Å². The third-order valence-corrected chi connectivity index (χ3v) is 3.00. The van der Waals surface area contributed by atoms with Gasteiger partial charge >= 0.3 is 0 Å². The molecule has 2 N–H and O–H groups in total. The maximum absolute atomic E-state index is 13.2. The molecule has 96 valence electrons. The van der Waals surface area contributed by atoms with E-state index in [0.29, 0.717) is 16.3 Å². The summed E-state index contributed by atoms with van der Waals surface area (Å²) in [6.07, 6.45) is 0. The summed E-state index contributed by atoms with van der Waals surface area (Å²) in [4.78, 5) is 0. The zero-order valence-corrected chi connectivity index (χ0v) is 10.6. The highest BCUT2D eigenvalue weighted by molar-refractivity contribution is 6.31. The van der Waals surface area contributed by atoms with Crippen molar-refractivity contribution in [2.45, 2.75) is 6.54 Å². The number of halogens is 2. The Morgan fingerprint density at radius 2 is 2.11 bits per heavy atom. The van der Waals surface area contributed by atoms with E-state index in [2.05, 4.69) is 5.32 Å². The Morgan fingerprint density at radius 3 is 2.79 bits per heavy atom. The van der Waals surface area contributed by atoms with E-state index in [-0.39, 0.29) is 17.9 Å². The van der Waals surface area contributed by atoms with Gasteiger partial charge in [0.1, 0.15) is 17.6 Å². The van der Waals surface area contributed by atoms with E-state index >= 15 is 0 Å². The van der Waals surface area contributed by atoms with Gasteiger partial charge in [0, 0.05) is 22.8 Å². The fourth-order valence-corrected chi connectivity index (χ4v) is 1.87. The number of anilines is 1. The highest BCUT2D eigenvalue weighted by Gasteiger charge is 2.07. The smallest absolute Gasteiger partial charge is 0.141 e. The standard InChI is InChI=1S/C14H10ClFN2O/c15-12-2-1-3-14(19)11(12)8-18-10-4-5-13(16)9(6-10)7-17/h1-6,18-19H,8H2. The Hall–Kier alpha value is -2.25. The van der Waals surface area contributed by atoms with Crippen LogP contribution in [0.15, 0.2) is 36.4 Å². The van der Waals surface area contributed by atoms with Gasteiger partial charge in [0.05, 0.1) is 5.56 Å². The van der Waals surface area contributed by atoms with Crippen LogP contribution in [-0.2, 0) is 6.54 Å². The van der Waals surface area contributed by atoms with Gasteiger partial charge < -0.3 is 10.4 Å². The van der Waals surface area contributed by atoms with Crippen LogP contribution in [0.25, 0.3) is 0 Å². The van der Waals surface area contributed by atoms with Crippen molar-refractivity contribution in [3.63, 3.8) is 0 Å². The molecule has 19 heavy (non-hydrogen) atoms. The average molecular weight is 277 g/mol. The molecule has 2 aromatic carbocycles. The lowest BCUT2D eigenvalue weighted by molar-refractivity contribution is 0.469. The first-order chi connectivity index (χ1) is 9.11. The minimum absolute atomic E-state index is 0.0339. The summed E-state index contributed by atoms with van der Waals surface area (Å²) in [7, 11) is 0. The molecule has 0 bridgehead atoms. The van der Waals surface area contributed by atoms with E-state index in [1.165, 1.54) is 24.3 Å². The molecular formula is C14H10ClFN2O. The molecule has 2 rings (SSSR count). The Labute approximate surface area is 114 Å². The number of rotatable bonds is 3. The van der Waals surface area contributed by atoms with Gasteiger partial charge in [-0.15, -0.1) is 0 Å². The molecule has 5 heteroatoms. The second kappa shape index (κ2) is 5.59. The lowest BCUT2D eigenvalue weighted by atomic mass is 10.1. The normalized spacial score (nSPS) is 9.95. The van der Waals surface area contributed by atoms with Gasteiger partial charge in [-0.1, -0.05) is 17.7 Å². The fraction of sp³-hybridized carbons (Fsp3) is 0.0714. The molecule has 0 unspecified atom stereocenters. The molecule has 0 aliphatic rings. The lowest BCUT2D eigenvalue weighted by Crippen LogP contribution is -2.01. The summed E-state index contributed by atoms with van der Waals surface area (Å²) in [6, 6.07) is 10.8. The highest BCUT2D eigenvalue weighted by Crippen LogP contribution is 2.26. The average Bonchev–Trinajstić information content (AvgIpc) is 2.40. The van der Waals surface area contributed by atoms with Gasteiger partial charge in [-0.05, 0) is 30.3 Å². The summed E-state index contributed by atoms with van der Waals surface area (Å²) in [5.74, 6) is -0.476. The third kappa shape index (κ3) is 2.95. The van der Waals surface area contributed by atoms with Crippen molar-refractivity contribution in [3.05, 3.63) is 58.4 Å². The second-order valence-corrected chi connectivity index (χ2v) is 4.30. The van der Waals surface area contributed by atoms with Crippen LogP contribution in [0.4, 0.5) is 10.1 Å². The van der Waals surface area contributed by atoms with E-state index in [0.717, 1.165) is 0 Å². The fourth-order valence-electron chi connectivity index (χ4n) is 1.63. The van der Waals surface area contributed by atoms with E-state index < -0.39 is 5.82 Å². The largest absolute Gasteiger partial charge is 0.508 e. The minimum atomic E-state index is -0.561. The number of nitrogens with one attached hydrogen (secondary N) is 1. The van der Waals surface area contributed by atoms with Gasteiger partial charge in [0.15, 0.2) is 0 Å². The number of nitriles is 1. The number of nitrogens with zero attached hydrogens (tertiary/aromatic N) is 1. The molecule has 0 heterocycles. The monoisotopic (exact) mass is 276 g/mol. The molecule has 2 aromatic rings. The number of hydrogen-bond acceptors (Lipinski definition) is 3. The summed E-state index contributed by atoms with van der Waals surface area (Å²) in [5, 5.41) is 21.8.